The highest BCUT2D eigenvalue weighted by atomic mass is 35.5. The Hall–Kier alpha value is -2.95. The number of amides is 2. The van der Waals surface area contributed by atoms with E-state index in [1.807, 2.05) is 0 Å². The van der Waals surface area contributed by atoms with Crippen LogP contribution in [0.5, 0.6) is 0 Å². The lowest BCUT2D eigenvalue weighted by Crippen LogP contribution is -2.49. The lowest BCUT2D eigenvalue weighted by Gasteiger charge is -2.32. The van der Waals surface area contributed by atoms with Crippen LogP contribution in [0.3, 0.4) is 0 Å². The van der Waals surface area contributed by atoms with Gasteiger partial charge >= 0.3 is 0 Å². The van der Waals surface area contributed by atoms with Crippen molar-refractivity contribution in [2.24, 2.45) is 0 Å². The molecule has 0 radical (unpaired) electrons. The van der Waals surface area contributed by atoms with Gasteiger partial charge in [0, 0.05) is 44.3 Å². The monoisotopic (exact) mass is 518 g/mol. The molecule has 35 heavy (non-hydrogen) atoms. The van der Waals surface area contributed by atoms with Gasteiger partial charge in [0.05, 0.1) is 5.75 Å². The number of halogens is 1. The molecule has 0 saturated carbocycles. The van der Waals surface area contributed by atoms with Crippen LogP contribution in [-0.4, -0.2) is 65.9 Å². The molecule has 0 atom stereocenters. The fraction of sp³-hybridized carbons (Fsp3) is 0.375. The molecule has 1 saturated heterocycles. The first-order chi connectivity index (χ1) is 16.7. The molecule has 11 heteroatoms. The van der Waals surface area contributed by atoms with Gasteiger partial charge in [0.15, 0.2) is 0 Å². The third-order valence-electron chi connectivity index (χ3n) is 6.25. The maximum Gasteiger partial charge on any atom is 0.270 e. The van der Waals surface area contributed by atoms with Gasteiger partial charge in [0.25, 0.3) is 17.4 Å². The van der Waals surface area contributed by atoms with E-state index >= 15 is 0 Å². The SMILES string of the molecule is C=CCc1cc(C(=O)NCc2ccc(Cl)cc2)c(=O)n2c1C(=O)N(CCN1CCCS1(=O)=O)CC2. The van der Waals surface area contributed by atoms with Gasteiger partial charge in [0.1, 0.15) is 11.3 Å². The van der Waals surface area contributed by atoms with Gasteiger partial charge in [-0.15, -0.1) is 6.58 Å². The molecule has 0 unspecified atom stereocenters. The molecule has 2 aliphatic heterocycles. The van der Waals surface area contributed by atoms with E-state index in [2.05, 4.69) is 11.9 Å². The Kier molecular flexibility index (Phi) is 7.44. The number of nitrogens with one attached hydrogen (secondary N) is 1. The number of hydrogen-bond donors (Lipinski definition) is 1. The Morgan fingerprint density at radius 3 is 2.51 bits per heavy atom. The first-order valence-corrected chi connectivity index (χ1v) is 13.4. The largest absolute Gasteiger partial charge is 0.348 e. The number of allylic oxidation sites excluding steroid dienone is 1. The number of carbonyl (C=O) groups excluding carboxylic acids is 2. The molecule has 1 fully saturated rings. The van der Waals surface area contributed by atoms with Crippen molar-refractivity contribution in [3.05, 3.63) is 80.7 Å². The Bertz CT molecular complexity index is 1320. The third-order valence-corrected chi connectivity index (χ3v) is 8.46. The van der Waals surface area contributed by atoms with Crippen LogP contribution in [0, 0.1) is 0 Å². The van der Waals surface area contributed by atoms with Gasteiger partial charge < -0.3 is 14.8 Å². The quantitative estimate of drug-likeness (QED) is 0.534. The first kappa shape index (κ1) is 25.2. The molecule has 0 bridgehead atoms. The molecule has 4 rings (SSSR count). The predicted molar refractivity (Wildman–Crippen MR) is 133 cm³/mol. The van der Waals surface area contributed by atoms with Crippen LogP contribution in [0.2, 0.25) is 5.02 Å². The Labute approximate surface area is 209 Å². The van der Waals surface area contributed by atoms with Crippen LogP contribution in [0.25, 0.3) is 0 Å². The van der Waals surface area contributed by atoms with Gasteiger partial charge in [0.2, 0.25) is 10.0 Å². The van der Waals surface area contributed by atoms with Gasteiger partial charge in [-0.3, -0.25) is 14.4 Å². The molecule has 3 heterocycles. The first-order valence-electron chi connectivity index (χ1n) is 11.4. The molecule has 2 aliphatic rings. The van der Waals surface area contributed by atoms with E-state index in [1.165, 1.54) is 14.9 Å². The normalized spacial score (nSPS) is 17.3. The van der Waals surface area contributed by atoms with Crippen LogP contribution in [-0.2, 0) is 29.5 Å². The number of rotatable bonds is 8. The van der Waals surface area contributed by atoms with Gasteiger partial charge in [-0.05, 0) is 42.2 Å². The summed E-state index contributed by atoms with van der Waals surface area (Å²) in [5, 5.41) is 3.34. The summed E-state index contributed by atoms with van der Waals surface area (Å²) in [5.41, 5.74) is 1.01. The lowest BCUT2D eigenvalue weighted by molar-refractivity contribution is 0.0690. The van der Waals surface area contributed by atoms with Crippen LogP contribution < -0.4 is 10.9 Å². The number of aromatic nitrogens is 1. The summed E-state index contributed by atoms with van der Waals surface area (Å²) in [6.07, 6.45) is 2.49. The zero-order valence-electron chi connectivity index (χ0n) is 19.2. The highest BCUT2D eigenvalue weighted by molar-refractivity contribution is 7.89. The number of nitrogens with zero attached hydrogens (tertiary/aromatic N) is 3. The van der Waals surface area contributed by atoms with E-state index < -0.39 is 21.5 Å². The zero-order valence-corrected chi connectivity index (χ0v) is 20.8. The third kappa shape index (κ3) is 5.34. The molecule has 9 nitrogen and oxygen atoms in total. The fourth-order valence-electron chi connectivity index (χ4n) is 4.40. The highest BCUT2D eigenvalue weighted by Crippen LogP contribution is 2.19. The molecule has 186 valence electrons. The molecular weight excluding hydrogens is 492 g/mol. The van der Waals surface area contributed by atoms with E-state index in [0.29, 0.717) is 30.0 Å². The Morgan fingerprint density at radius 2 is 1.86 bits per heavy atom. The molecule has 1 N–H and O–H groups in total. The van der Waals surface area contributed by atoms with Crippen molar-refractivity contribution in [1.82, 2.24) is 19.1 Å². The van der Waals surface area contributed by atoms with E-state index in [1.54, 1.807) is 35.2 Å². The van der Waals surface area contributed by atoms with Crippen molar-refractivity contribution in [2.45, 2.75) is 25.9 Å². The minimum Gasteiger partial charge on any atom is -0.348 e. The fourth-order valence-corrected chi connectivity index (χ4v) is 6.05. The van der Waals surface area contributed by atoms with E-state index in [9.17, 15) is 22.8 Å². The summed E-state index contributed by atoms with van der Waals surface area (Å²) in [6.45, 7) is 5.35. The molecule has 1 aromatic heterocycles. The number of benzene rings is 1. The van der Waals surface area contributed by atoms with Crippen molar-refractivity contribution < 1.29 is 18.0 Å². The number of sulfonamides is 1. The molecular formula is C24H27ClN4O5S. The smallest absolute Gasteiger partial charge is 0.270 e. The van der Waals surface area contributed by atoms with Crippen LogP contribution in [0.1, 0.15) is 38.4 Å². The molecule has 1 aromatic carbocycles. The predicted octanol–water partition coefficient (Wildman–Crippen LogP) is 1.65. The summed E-state index contributed by atoms with van der Waals surface area (Å²) in [6, 6.07) is 8.46. The Morgan fingerprint density at radius 1 is 1.11 bits per heavy atom. The maximum atomic E-state index is 13.3. The summed E-state index contributed by atoms with van der Waals surface area (Å²) in [5.74, 6) is -0.750. The standard InChI is InChI=1S/C24H27ClN4O5S/c1-2-4-18-15-20(22(30)26-16-17-5-7-19(25)8-6-17)23(31)29-13-11-27(24(32)21(18)29)10-12-28-9-3-14-35(28,33)34/h2,5-8,15H,1,3-4,9-14,16H2,(H,26,30). The van der Waals surface area contributed by atoms with Crippen molar-refractivity contribution >= 4 is 33.4 Å². The van der Waals surface area contributed by atoms with Crippen LogP contribution in [0.15, 0.2) is 47.8 Å². The molecule has 0 aliphatic carbocycles. The van der Waals surface area contributed by atoms with Gasteiger partial charge in [-0.1, -0.05) is 29.8 Å². The average molecular weight is 519 g/mol. The number of fused-ring (bicyclic) bond motifs is 1. The van der Waals surface area contributed by atoms with Crippen molar-refractivity contribution in [2.75, 3.05) is 31.9 Å². The van der Waals surface area contributed by atoms with Crippen LogP contribution >= 0.6 is 11.6 Å². The minimum atomic E-state index is -3.26. The van der Waals surface area contributed by atoms with Crippen LogP contribution in [0.4, 0.5) is 0 Å². The van der Waals surface area contributed by atoms with E-state index in [0.717, 1.165) is 5.56 Å². The van der Waals surface area contributed by atoms with Crippen molar-refractivity contribution in [1.29, 1.82) is 0 Å². The van der Waals surface area contributed by atoms with Crippen molar-refractivity contribution in [3.63, 3.8) is 0 Å². The summed E-state index contributed by atoms with van der Waals surface area (Å²) < 4.78 is 26.9. The molecule has 0 spiro atoms. The Balaban J connectivity index is 1.55. The van der Waals surface area contributed by atoms with E-state index in [4.69, 9.17) is 11.6 Å². The summed E-state index contributed by atoms with van der Waals surface area (Å²) in [7, 11) is -3.26. The molecule has 2 aromatic rings. The minimum absolute atomic E-state index is 0.0380. The maximum absolute atomic E-state index is 13.3. The van der Waals surface area contributed by atoms with Gasteiger partial charge in [-0.25, -0.2) is 12.7 Å². The summed E-state index contributed by atoms with van der Waals surface area (Å²) in [4.78, 5) is 40.9. The average Bonchev–Trinajstić information content (AvgIpc) is 3.17. The number of pyridine rings is 1. The number of hydrogen-bond acceptors (Lipinski definition) is 5. The highest BCUT2D eigenvalue weighted by Gasteiger charge is 2.32. The lowest BCUT2D eigenvalue weighted by atomic mass is 10.0. The van der Waals surface area contributed by atoms with Crippen molar-refractivity contribution in [3.8, 4) is 0 Å². The second-order valence-electron chi connectivity index (χ2n) is 8.55. The summed E-state index contributed by atoms with van der Waals surface area (Å²) >= 11 is 5.89. The second kappa shape index (κ2) is 10.3. The molecule has 2 amide bonds. The second-order valence-corrected chi connectivity index (χ2v) is 11.1. The number of carbonyl (C=O) groups is 2. The zero-order chi connectivity index (χ0) is 25.2. The topological polar surface area (TPSA) is 109 Å². The van der Waals surface area contributed by atoms with E-state index in [-0.39, 0.29) is 55.6 Å². The van der Waals surface area contributed by atoms with Gasteiger partial charge in [-0.2, -0.15) is 0 Å².